The van der Waals surface area contributed by atoms with E-state index in [0.29, 0.717) is 35.6 Å². The number of hydrogen-bond acceptors (Lipinski definition) is 3. The van der Waals surface area contributed by atoms with Crippen molar-refractivity contribution < 1.29 is 4.74 Å². The zero-order valence-electron chi connectivity index (χ0n) is 16.8. The van der Waals surface area contributed by atoms with Crippen molar-refractivity contribution in [3.05, 3.63) is 0 Å². The molecule has 0 radical (unpaired) electrons. The second-order valence-electron chi connectivity index (χ2n) is 8.64. The number of aliphatic imine (C=N–C) groups is 1. The zero-order valence-corrected chi connectivity index (χ0v) is 16.8. The molecular formula is C20H38N4O. The van der Waals surface area contributed by atoms with Gasteiger partial charge < -0.3 is 15.4 Å². The van der Waals surface area contributed by atoms with E-state index in [-0.39, 0.29) is 0 Å². The lowest BCUT2D eigenvalue weighted by Crippen LogP contribution is -2.72. The van der Waals surface area contributed by atoms with Gasteiger partial charge in [-0.05, 0) is 53.9 Å². The molecule has 3 atom stereocenters. The van der Waals surface area contributed by atoms with Gasteiger partial charge in [0.2, 0.25) is 0 Å². The molecule has 0 aromatic heterocycles. The molecule has 0 aromatic rings. The molecule has 3 rings (SSSR count). The minimum atomic E-state index is 0.402. The Labute approximate surface area is 154 Å². The van der Waals surface area contributed by atoms with Crippen LogP contribution >= 0.6 is 0 Å². The first-order valence-corrected chi connectivity index (χ1v) is 10.4. The molecule has 3 fully saturated rings. The molecule has 2 N–H and O–H groups in total. The maximum absolute atomic E-state index is 6.04. The molecule has 2 aliphatic carbocycles. The maximum atomic E-state index is 6.04. The predicted octanol–water partition coefficient (Wildman–Crippen LogP) is 2.62. The summed E-state index contributed by atoms with van der Waals surface area (Å²) in [7, 11) is 0. The van der Waals surface area contributed by atoms with E-state index in [0.717, 1.165) is 32.2 Å². The van der Waals surface area contributed by atoms with Crippen LogP contribution in [0.1, 0.15) is 60.3 Å². The first-order chi connectivity index (χ1) is 12.0. The number of nitrogens with one attached hydrogen (secondary N) is 2. The normalized spacial score (nSPS) is 30.6. The number of guanidine groups is 1. The number of nitrogens with zero attached hydrogens (tertiary/aromatic N) is 2. The molecule has 2 saturated carbocycles. The lowest BCUT2D eigenvalue weighted by molar-refractivity contribution is -0.171. The summed E-state index contributed by atoms with van der Waals surface area (Å²) in [6.45, 7) is 14.9. The van der Waals surface area contributed by atoms with Crippen molar-refractivity contribution in [2.24, 2.45) is 16.3 Å². The monoisotopic (exact) mass is 350 g/mol. The Hall–Kier alpha value is -0.810. The van der Waals surface area contributed by atoms with Gasteiger partial charge in [0.15, 0.2) is 5.96 Å². The first kappa shape index (κ1) is 19.0. The Morgan fingerprint density at radius 3 is 2.52 bits per heavy atom. The van der Waals surface area contributed by atoms with Gasteiger partial charge in [-0.3, -0.25) is 9.89 Å². The van der Waals surface area contributed by atoms with Crippen molar-refractivity contribution in [1.82, 2.24) is 15.5 Å². The molecule has 1 aliphatic heterocycles. The van der Waals surface area contributed by atoms with E-state index in [1.54, 1.807) is 0 Å². The van der Waals surface area contributed by atoms with Crippen molar-refractivity contribution in [2.45, 2.75) is 84.5 Å². The van der Waals surface area contributed by atoms with Crippen LogP contribution in [0.4, 0.5) is 0 Å². The molecule has 1 saturated heterocycles. The lowest BCUT2D eigenvalue weighted by Gasteiger charge is -2.63. The van der Waals surface area contributed by atoms with Crippen LogP contribution in [0.15, 0.2) is 4.99 Å². The third kappa shape index (κ3) is 3.55. The van der Waals surface area contributed by atoms with Crippen LogP contribution in [0.5, 0.6) is 0 Å². The highest BCUT2D eigenvalue weighted by Crippen LogP contribution is 2.62. The van der Waals surface area contributed by atoms with Crippen molar-refractivity contribution in [1.29, 1.82) is 0 Å². The van der Waals surface area contributed by atoms with Crippen LogP contribution in [-0.4, -0.2) is 61.3 Å². The molecule has 0 amide bonds. The van der Waals surface area contributed by atoms with E-state index in [1.807, 2.05) is 0 Å². The van der Waals surface area contributed by atoms with Crippen LogP contribution in [-0.2, 0) is 4.74 Å². The van der Waals surface area contributed by atoms with Gasteiger partial charge >= 0.3 is 0 Å². The van der Waals surface area contributed by atoms with E-state index in [1.165, 1.54) is 25.7 Å². The highest BCUT2D eigenvalue weighted by atomic mass is 16.5. The highest BCUT2D eigenvalue weighted by Gasteiger charge is 2.66. The lowest BCUT2D eigenvalue weighted by atomic mass is 9.46. The molecule has 144 valence electrons. The van der Waals surface area contributed by atoms with Crippen LogP contribution in [0.2, 0.25) is 0 Å². The summed E-state index contributed by atoms with van der Waals surface area (Å²) in [4.78, 5) is 7.39. The summed E-state index contributed by atoms with van der Waals surface area (Å²) in [5.74, 6) is 1.68. The topological polar surface area (TPSA) is 48.9 Å². The Kier molecular flexibility index (Phi) is 5.94. The molecule has 1 heterocycles. The van der Waals surface area contributed by atoms with Gasteiger partial charge in [0.05, 0.1) is 12.6 Å². The maximum Gasteiger partial charge on any atom is 0.191 e. The summed E-state index contributed by atoms with van der Waals surface area (Å²) >= 11 is 0. The fourth-order valence-electron chi connectivity index (χ4n) is 5.31. The van der Waals surface area contributed by atoms with Crippen molar-refractivity contribution >= 4 is 5.96 Å². The van der Waals surface area contributed by atoms with Gasteiger partial charge in [0, 0.05) is 49.2 Å². The largest absolute Gasteiger partial charge is 0.377 e. The van der Waals surface area contributed by atoms with Crippen LogP contribution in [0, 0.1) is 11.3 Å². The minimum absolute atomic E-state index is 0.402. The fourth-order valence-corrected chi connectivity index (χ4v) is 5.31. The Balaban J connectivity index is 1.59. The fraction of sp³-hybridized carbons (Fsp3) is 0.950. The van der Waals surface area contributed by atoms with Crippen molar-refractivity contribution in [3.63, 3.8) is 0 Å². The van der Waals surface area contributed by atoms with Crippen molar-refractivity contribution in [3.8, 4) is 0 Å². The quantitative estimate of drug-likeness (QED) is 0.547. The standard InChI is InChI=1S/C20H38N4O/c1-6-21-19(22-11-12-24(14(2)3)15(4)5)23-17-16-8-13-25-18(16)20(17)9-7-10-20/h14-18H,6-13H2,1-5H3,(H2,21,22,23). The van der Waals surface area contributed by atoms with Gasteiger partial charge in [0.25, 0.3) is 0 Å². The van der Waals surface area contributed by atoms with E-state index in [2.05, 4.69) is 50.2 Å². The zero-order chi connectivity index (χ0) is 18.0. The van der Waals surface area contributed by atoms with Gasteiger partial charge in [-0.2, -0.15) is 0 Å². The molecular weight excluding hydrogens is 312 g/mol. The number of hydrogen-bond donors (Lipinski definition) is 2. The van der Waals surface area contributed by atoms with Crippen LogP contribution in [0.3, 0.4) is 0 Å². The van der Waals surface area contributed by atoms with Gasteiger partial charge in [-0.25, -0.2) is 0 Å². The molecule has 25 heavy (non-hydrogen) atoms. The van der Waals surface area contributed by atoms with Crippen LogP contribution in [0.25, 0.3) is 0 Å². The molecule has 0 aromatic carbocycles. The SMILES string of the molecule is CCNC(=NCCN(C(C)C)C(C)C)NC1C2CCOC2C12CCC2. The molecule has 5 heteroatoms. The molecule has 3 unspecified atom stereocenters. The summed E-state index contributed by atoms with van der Waals surface area (Å²) < 4.78 is 6.04. The van der Waals surface area contributed by atoms with Crippen LogP contribution < -0.4 is 10.6 Å². The molecule has 0 bridgehead atoms. The summed E-state index contributed by atoms with van der Waals surface area (Å²) in [6.07, 6.45) is 5.71. The minimum Gasteiger partial charge on any atom is -0.377 e. The summed E-state index contributed by atoms with van der Waals surface area (Å²) in [5, 5.41) is 7.25. The van der Waals surface area contributed by atoms with E-state index in [9.17, 15) is 0 Å². The van der Waals surface area contributed by atoms with Gasteiger partial charge in [-0.15, -0.1) is 0 Å². The van der Waals surface area contributed by atoms with E-state index < -0.39 is 0 Å². The van der Waals surface area contributed by atoms with E-state index in [4.69, 9.17) is 9.73 Å². The second-order valence-corrected chi connectivity index (χ2v) is 8.64. The third-order valence-electron chi connectivity index (χ3n) is 6.63. The Morgan fingerprint density at radius 1 is 1.24 bits per heavy atom. The summed E-state index contributed by atoms with van der Waals surface area (Å²) in [6, 6.07) is 1.68. The molecule has 5 nitrogen and oxygen atoms in total. The smallest absolute Gasteiger partial charge is 0.191 e. The first-order valence-electron chi connectivity index (χ1n) is 10.4. The number of rotatable bonds is 7. The van der Waals surface area contributed by atoms with E-state index >= 15 is 0 Å². The number of ether oxygens (including phenoxy) is 1. The molecule has 1 spiro atoms. The third-order valence-corrected chi connectivity index (χ3v) is 6.63. The molecule has 3 aliphatic rings. The predicted molar refractivity (Wildman–Crippen MR) is 104 cm³/mol. The second kappa shape index (κ2) is 7.83. The highest BCUT2D eigenvalue weighted by molar-refractivity contribution is 5.80. The average molecular weight is 351 g/mol. The summed E-state index contributed by atoms with van der Waals surface area (Å²) in [5.41, 5.74) is 0.402. The van der Waals surface area contributed by atoms with Gasteiger partial charge in [0.1, 0.15) is 0 Å². The Morgan fingerprint density at radius 2 is 1.96 bits per heavy atom. The van der Waals surface area contributed by atoms with Gasteiger partial charge in [-0.1, -0.05) is 6.42 Å². The number of fused-ring (bicyclic) bond motifs is 2. The van der Waals surface area contributed by atoms with Crippen molar-refractivity contribution in [2.75, 3.05) is 26.2 Å². The Bertz CT molecular complexity index is 464. The average Bonchev–Trinajstić information content (AvgIpc) is 2.91.